The van der Waals surface area contributed by atoms with Crippen LogP contribution in [0.2, 0.25) is 0 Å². The Morgan fingerprint density at radius 3 is 2.84 bits per heavy atom. The van der Waals surface area contributed by atoms with E-state index in [-0.39, 0.29) is 11.9 Å². The van der Waals surface area contributed by atoms with Gasteiger partial charge in [-0.25, -0.2) is 9.97 Å². The molecule has 0 spiro atoms. The van der Waals surface area contributed by atoms with Gasteiger partial charge in [0.1, 0.15) is 6.04 Å². The zero-order valence-corrected chi connectivity index (χ0v) is 18.6. The summed E-state index contributed by atoms with van der Waals surface area (Å²) in [6.45, 7) is 4.52. The lowest BCUT2D eigenvalue weighted by molar-refractivity contribution is -0.133. The van der Waals surface area contributed by atoms with Gasteiger partial charge in [0.05, 0.1) is 24.9 Å². The number of carbonyl (C=O) groups is 1. The van der Waals surface area contributed by atoms with E-state index in [0.717, 1.165) is 53.7 Å². The van der Waals surface area contributed by atoms with Gasteiger partial charge in [-0.1, -0.05) is 30.3 Å². The first kappa shape index (κ1) is 20.5. The van der Waals surface area contributed by atoms with Crippen molar-refractivity contribution < 1.29 is 14.3 Å². The molecule has 7 heteroatoms. The van der Waals surface area contributed by atoms with E-state index in [1.165, 1.54) is 0 Å². The molecule has 1 aromatic heterocycles. The molecule has 0 aliphatic carbocycles. The number of hydrogen-bond donors (Lipinski definition) is 0. The number of nitrogens with zero attached hydrogens (tertiary/aromatic N) is 4. The predicted octanol–water partition coefficient (Wildman–Crippen LogP) is 3.73. The molecule has 5 rings (SSSR count). The molecule has 0 unspecified atom stereocenters. The summed E-state index contributed by atoms with van der Waals surface area (Å²) in [7, 11) is 1.64. The predicted molar refractivity (Wildman–Crippen MR) is 123 cm³/mol. The van der Waals surface area contributed by atoms with E-state index in [0.29, 0.717) is 31.4 Å². The first-order chi connectivity index (χ1) is 15.7. The number of para-hydroxylation sites is 2. The van der Waals surface area contributed by atoms with Crippen LogP contribution in [0.5, 0.6) is 11.5 Å². The normalized spacial score (nSPS) is 18.6. The third-order valence-corrected chi connectivity index (χ3v) is 6.35. The minimum absolute atomic E-state index is 0.132. The maximum atomic E-state index is 13.7. The molecule has 3 aromatic rings. The smallest absolute Gasteiger partial charge is 0.245 e. The Bertz CT molecular complexity index is 1150. The van der Waals surface area contributed by atoms with Crippen molar-refractivity contribution in [1.29, 1.82) is 0 Å². The molecule has 1 fully saturated rings. The van der Waals surface area contributed by atoms with Crippen molar-refractivity contribution in [2.45, 2.75) is 38.8 Å². The van der Waals surface area contributed by atoms with Crippen LogP contribution in [0.15, 0.2) is 42.5 Å². The monoisotopic (exact) mass is 432 g/mol. The summed E-state index contributed by atoms with van der Waals surface area (Å²) >= 11 is 0. The van der Waals surface area contributed by atoms with Crippen molar-refractivity contribution in [3.63, 3.8) is 0 Å². The standard InChI is InChI=1S/C25H28N4O3/c1-17-19-9-3-4-10-20(19)27-25(26-17)29-14-6-11-21(29)24(30)28-13-7-15-32-23-18(16-28)8-5-12-22(23)31-2/h3-5,8-10,12,21H,6-7,11,13-16H2,1-2H3/t21-/m0/s1. The zero-order valence-electron chi connectivity index (χ0n) is 18.6. The van der Waals surface area contributed by atoms with Crippen molar-refractivity contribution in [2.24, 2.45) is 0 Å². The van der Waals surface area contributed by atoms with Gasteiger partial charge >= 0.3 is 0 Å². The first-order valence-corrected chi connectivity index (χ1v) is 11.2. The number of anilines is 1. The van der Waals surface area contributed by atoms with E-state index >= 15 is 0 Å². The lowest BCUT2D eigenvalue weighted by Gasteiger charge is -2.32. The number of amides is 1. The van der Waals surface area contributed by atoms with Crippen molar-refractivity contribution in [3.8, 4) is 11.5 Å². The van der Waals surface area contributed by atoms with Gasteiger partial charge in [0, 0.05) is 30.6 Å². The topological polar surface area (TPSA) is 67.8 Å². The minimum atomic E-state index is -0.245. The summed E-state index contributed by atoms with van der Waals surface area (Å²) in [5, 5.41) is 1.05. The fourth-order valence-corrected chi connectivity index (χ4v) is 4.73. The highest BCUT2D eigenvalue weighted by atomic mass is 16.5. The average Bonchev–Trinajstić information content (AvgIpc) is 3.29. The first-order valence-electron chi connectivity index (χ1n) is 11.2. The van der Waals surface area contributed by atoms with E-state index in [2.05, 4.69) is 4.90 Å². The third kappa shape index (κ3) is 3.72. The van der Waals surface area contributed by atoms with Crippen LogP contribution < -0.4 is 14.4 Å². The second-order valence-electron chi connectivity index (χ2n) is 8.39. The van der Waals surface area contributed by atoms with Gasteiger partial charge < -0.3 is 19.3 Å². The van der Waals surface area contributed by atoms with E-state index in [4.69, 9.17) is 19.4 Å². The molecule has 32 heavy (non-hydrogen) atoms. The summed E-state index contributed by atoms with van der Waals surface area (Å²) in [6, 6.07) is 13.6. The van der Waals surface area contributed by atoms with E-state index < -0.39 is 0 Å². The summed E-state index contributed by atoms with van der Waals surface area (Å²) in [5.41, 5.74) is 2.82. The van der Waals surface area contributed by atoms with Crippen molar-refractivity contribution in [1.82, 2.24) is 14.9 Å². The van der Waals surface area contributed by atoms with Gasteiger partial charge in [0.15, 0.2) is 11.5 Å². The van der Waals surface area contributed by atoms with Crippen LogP contribution in [0.1, 0.15) is 30.5 Å². The number of benzene rings is 2. The second kappa shape index (κ2) is 8.65. The Balaban J connectivity index is 1.43. The van der Waals surface area contributed by atoms with Gasteiger partial charge in [0.25, 0.3) is 0 Å². The minimum Gasteiger partial charge on any atom is -0.493 e. The molecule has 0 bridgehead atoms. The number of methoxy groups -OCH3 is 1. The highest BCUT2D eigenvalue weighted by Gasteiger charge is 2.36. The largest absolute Gasteiger partial charge is 0.493 e. The fraction of sp³-hybridized carbons (Fsp3) is 0.400. The van der Waals surface area contributed by atoms with Crippen LogP contribution in [0.3, 0.4) is 0 Å². The van der Waals surface area contributed by atoms with E-state index in [1.807, 2.05) is 54.3 Å². The van der Waals surface area contributed by atoms with Gasteiger partial charge in [0.2, 0.25) is 11.9 Å². The summed E-state index contributed by atoms with van der Waals surface area (Å²) in [6.07, 6.45) is 2.54. The van der Waals surface area contributed by atoms with Crippen LogP contribution in [0.25, 0.3) is 10.9 Å². The van der Waals surface area contributed by atoms with Crippen LogP contribution >= 0.6 is 0 Å². The third-order valence-electron chi connectivity index (χ3n) is 6.35. The summed E-state index contributed by atoms with van der Waals surface area (Å²) in [4.78, 5) is 27.3. The molecule has 2 aliphatic heterocycles. The zero-order chi connectivity index (χ0) is 22.1. The van der Waals surface area contributed by atoms with Gasteiger partial charge in [-0.3, -0.25) is 4.79 Å². The Hall–Kier alpha value is -3.35. The molecule has 1 atom stereocenters. The molecular weight excluding hydrogens is 404 g/mol. The second-order valence-corrected chi connectivity index (χ2v) is 8.39. The van der Waals surface area contributed by atoms with Crippen LogP contribution in [0, 0.1) is 6.92 Å². The van der Waals surface area contributed by atoms with Crippen molar-refractivity contribution in [3.05, 3.63) is 53.7 Å². The van der Waals surface area contributed by atoms with Gasteiger partial charge in [-0.05, 0) is 38.3 Å². The lowest BCUT2D eigenvalue weighted by atomic mass is 10.1. The highest BCUT2D eigenvalue weighted by Crippen LogP contribution is 2.34. The lowest BCUT2D eigenvalue weighted by Crippen LogP contribution is -2.47. The average molecular weight is 433 g/mol. The molecule has 0 saturated carbocycles. The summed E-state index contributed by atoms with van der Waals surface area (Å²) in [5.74, 6) is 2.23. The number of hydrogen-bond acceptors (Lipinski definition) is 6. The molecule has 1 saturated heterocycles. The molecule has 3 heterocycles. The number of rotatable bonds is 3. The van der Waals surface area contributed by atoms with Gasteiger partial charge in [-0.15, -0.1) is 0 Å². The van der Waals surface area contributed by atoms with Gasteiger partial charge in [-0.2, -0.15) is 0 Å². The van der Waals surface area contributed by atoms with Crippen LogP contribution in [-0.2, 0) is 11.3 Å². The quantitative estimate of drug-likeness (QED) is 0.628. The maximum Gasteiger partial charge on any atom is 0.245 e. The van der Waals surface area contributed by atoms with Crippen molar-refractivity contribution in [2.75, 3.05) is 31.7 Å². The number of ether oxygens (including phenoxy) is 2. The molecular formula is C25H28N4O3. The summed E-state index contributed by atoms with van der Waals surface area (Å²) < 4.78 is 11.4. The maximum absolute atomic E-state index is 13.7. The molecule has 7 nitrogen and oxygen atoms in total. The number of fused-ring (bicyclic) bond motifs is 2. The molecule has 166 valence electrons. The number of carbonyl (C=O) groups excluding carboxylic acids is 1. The van der Waals surface area contributed by atoms with Crippen molar-refractivity contribution >= 4 is 22.8 Å². The Labute approximate surface area is 188 Å². The molecule has 0 N–H and O–H groups in total. The highest BCUT2D eigenvalue weighted by molar-refractivity contribution is 5.87. The van der Waals surface area contributed by atoms with E-state index in [1.54, 1.807) is 7.11 Å². The molecule has 0 radical (unpaired) electrons. The SMILES string of the molecule is COc1cccc2c1OCCCN(C(=O)[C@@H]1CCCN1c1nc(C)c3ccccc3n1)C2. The number of aryl methyl sites for hydroxylation is 1. The molecule has 2 aromatic carbocycles. The Morgan fingerprint density at radius 2 is 1.97 bits per heavy atom. The Kier molecular flexibility index (Phi) is 5.55. The fourth-order valence-electron chi connectivity index (χ4n) is 4.73. The number of aromatic nitrogens is 2. The van der Waals surface area contributed by atoms with Crippen LogP contribution in [0.4, 0.5) is 5.95 Å². The molecule has 1 amide bonds. The Morgan fingerprint density at radius 1 is 1.09 bits per heavy atom. The van der Waals surface area contributed by atoms with Crippen LogP contribution in [-0.4, -0.2) is 53.6 Å². The van der Waals surface area contributed by atoms with E-state index in [9.17, 15) is 4.79 Å². The molecule has 2 aliphatic rings.